The monoisotopic (exact) mass is 382 g/mol. The van der Waals surface area contributed by atoms with Crippen molar-refractivity contribution in [1.82, 2.24) is 4.90 Å². The van der Waals surface area contributed by atoms with Crippen molar-refractivity contribution in [2.24, 2.45) is 0 Å². The summed E-state index contributed by atoms with van der Waals surface area (Å²) in [5.41, 5.74) is 2.87. The van der Waals surface area contributed by atoms with Gasteiger partial charge in [0, 0.05) is 17.8 Å². The van der Waals surface area contributed by atoms with E-state index in [1.807, 2.05) is 48.5 Å². The summed E-state index contributed by atoms with van der Waals surface area (Å²) in [5, 5.41) is 12.2. The average molecular weight is 382 g/mol. The first kappa shape index (κ1) is 19.4. The number of nitrogens with one attached hydrogen (secondary N) is 1. The quantitative estimate of drug-likeness (QED) is 0.713. The second-order valence-corrected chi connectivity index (χ2v) is 6.20. The van der Waals surface area contributed by atoms with Crippen LogP contribution in [0.25, 0.3) is 11.1 Å². The Hall–Kier alpha value is -3.32. The number of hydrogen-bond donors (Lipinski definition) is 2. The number of rotatable bonds is 7. The molecule has 1 heterocycles. The minimum absolute atomic E-state index is 0.0978. The number of methoxy groups -OCH3 is 2. The molecule has 7 nitrogen and oxygen atoms in total. The maximum atomic E-state index is 12.7. The van der Waals surface area contributed by atoms with E-state index in [2.05, 4.69) is 5.32 Å². The summed E-state index contributed by atoms with van der Waals surface area (Å²) in [6.07, 6.45) is 0. The molecule has 0 atom stereocenters. The van der Waals surface area contributed by atoms with Gasteiger partial charge in [0.1, 0.15) is 11.4 Å². The number of β-amino-alcohol motifs (C(OH)–C–C–N with tert-alkyl or cyclic N) is 1. The van der Waals surface area contributed by atoms with Crippen molar-refractivity contribution in [2.75, 3.05) is 39.2 Å². The van der Waals surface area contributed by atoms with Crippen LogP contribution in [0.2, 0.25) is 0 Å². The van der Waals surface area contributed by atoms with E-state index >= 15 is 0 Å². The Bertz CT molecular complexity index is 923. The molecular weight excluding hydrogens is 360 g/mol. The molecule has 146 valence electrons. The summed E-state index contributed by atoms with van der Waals surface area (Å²) in [6, 6.07) is 15.1. The highest BCUT2D eigenvalue weighted by Crippen LogP contribution is 2.32. The third-order valence-corrected chi connectivity index (χ3v) is 4.50. The molecule has 0 aliphatic carbocycles. The number of amides is 1. The van der Waals surface area contributed by atoms with E-state index in [0.717, 1.165) is 16.9 Å². The molecule has 0 spiro atoms. The maximum Gasteiger partial charge on any atom is 0.337 e. The molecule has 0 unspecified atom stereocenters. The number of esters is 1. The molecule has 1 amide bonds. The standard InChI is InChI=1S/C21H22N2O5/c1-27-18-9-4-3-8-16(18)14-6-5-7-15(12-14)22-19-17(21(26)28-2)13-23(10-11-24)20(19)25/h3-9,12,22,24H,10-11,13H2,1-2H3. The van der Waals surface area contributed by atoms with E-state index < -0.39 is 5.97 Å². The Morgan fingerprint density at radius 3 is 2.68 bits per heavy atom. The van der Waals surface area contributed by atoms with Crippen molar-refractivity contribution in [2.45, 2.75) is 0 Å². The molecule has 0 radical (unpaired) electrons. The SMILES string of the molecule is COC(=O)C1=C(Nc2cccc(-c3ccccc3OC)c2)C(=O)N(CCO)C1. The fourth-order valence-electron chi connectivity index (χ4n) is 3.14. The Kier molecular flexibility index (Phi) is 5.96. The van der Waals surface area contributed by atoms with Gasteiger partial charge in [-0.25, -0.2) is 4.79 Å². The van der Waals surface area contributed by atoms with Gasteiger partial charge in [-0.2, -0.15) is 0 Å². The zero-order chi connectivity index (χ0) is 20.1. The average Bonchev–Trinajstić information content (AvgIpc) is 3.03. The smallest absolute Gasteiger partial charge is 0.337 e. The summed E-state index contributed by atoms with van der Waals surface area (Å²) in [7, 11) is 2.88. The van der Waals surface area contributed by atoms with Gasteiger partial charge in [-0.15, -0.1) is 0 Å². The number of aliphatic hydroxyl groups is 1. The second-order valence-electron chi connectivity index (χ2n) is 6.20. The predicted molar refractivity (Wildman–Crippen MR) is 105 cm³/mol. The van der Waals surface area contributed by atoms with Crippen LogP contribution < -0.4 is 10.1 Å². The lowest BCUT2D eigenvalue weighted by Gasteiger charge is -2.15. The molecule has 3 rings (SSSR count). The fourth-order valence-corrected chi connectivity index (χ4v) is 3.14. The molecule has 0 aromatic heterocycles. The fraction of sp³-hybridized carbons (Fsp3) is 0.238. The van der Waals surface area contributed by atoms with Gasteiger partial charge in [0.05, 0.1) is 32.9 Å². The Morgan fingerprint density at radius 1 is 1.18 bits per heavy atom. The van der Waals surface area contributed by atoms with Gasteiger partial charge in [-0.3, -0.25) is 4.79 Å². The lowest BCUT2D eigenvalue weighted by atomic mass is 10.0. The van der Waals surface area contributed by atoms with Crippen LogP contribution in [0, 0.1) is 0 Å². The van der Waals surface area contributed by atoms with Crippen LogP contribution in [0.4, 0.5) is 5.69 Å². The molecule has 1 aliphatic rings. The molecule has 2 aromatic rings. The number of aliphatic hydroxyl groups excluding tert-OH is 1. The molecule has 28 heavy (non-hydrogen) atoms. The number of hydrogen-bond acceptors (Lipinski definition) is 6. The first-order chi connectivity index (χ1) is 13.6. The molecule has 7 heteroatoms. The highest BCUT2D eigenvalue weighted by molar-refractivity contribution is 6.08. The van der Waals surface area contributed by atoms with Crippen LogP contribution in [-0.4, -0.2) is 55.8 Å². The maximum absolute atomic E-state index is 12.7. The van der Waals surface area contributed by atoms with E-state index in [9.17, 15) is 9.59 Å². The number of carbonyl (C=O) groups is 2. The highest BCUT2D eigenvalue weighted by atomic mass is 16.5. The van der Waals surface area contributed by atoms with Gasteiger partial charge in [0.25, 0.3) is 5.91 Å². The van der Waals surface area contributed by atoms with Gasteiger partial charge in [-0.05, 0) is 23.8 Å². The van der Waals surface area contributed by atoms with Gasteiger partial charge >= 0.3 is 5.97 Å². The van der Waals surface area contributed by atoms with Gasteiger partial charge in [-0.1, -0.05) is 30.3 Å². The number of para-hydroxylation sites is 1. The summed E-state index contributed by atoms with van der Waals surface area (Å²) >= 11 is 0. The number of nitrogens with zero attached hydrogens (tertiary/aromatic N) is 1. The van der Waals surface area contributed by atoms with E-state index in [0.29, 0.717) is 5.69 Å². The molecule has 2 N–H and O–H groups in total. The molecule has 0 saturated carbocycles. The largest absolute Gasteiger partial charge is 0.496 e. The third kappa shape index (κ3) is 3.84. The summed E-state index contributed by atoms with van der Waals surface area (Å²) in [6.45, 7) is 0.0587. The molecular formula is C21H22N2O5. The molecule has 0 bridgehead atoms. The summed E-state index contributed by atoms with van der Waals surface area (Å²) in [5.74, 6) is -0.186. The second kappa shape index (κ2) is 8.58. The number of carbonyl (C=O) groups excluding carboxylic acids is 2. The van der Waals surface area contributed by atoms with Crippen LogP contribution in [0.3, 0.4) is 0 Å². The van der Waals surface area contributed by atoms with Crippen LogP contribution in [0.1, 0.15) is 0 Å². The van der Waals surface area contributed by atoms with Gasteiger partial charge < -0.3 is 24.8 Å². The van der Waals surface area contributed by atoms with Crippen molar-refractivity contribution in [1.29, 1.82) is 0 Å². The molecule has 2 aromatic carbocycles. The Balaban J connectivity index is 1.94. The lowest BCUT2D eigenvalue weighted by molar-refractivity contribution is -0.136. The molecule has 0 fully saturated rings. The first-order valence-corrected chi connectivity index (χ1v) is 8.81. The number of benzene rings is 2. The van der Waals surface area contributed by atoms with Gasteiger partial charge in [0.15, 0.2) is 0 Å². The lowest BCUT2D eigenvalue weighted by Crippen LogP contribution is -2.31. The van der Waals surface area contributed by atoms with E-state index in [1.54, 1.807) is 7.11 Å². The normalized spacial score (nSPS) is 13.7. The zero-order valence-electron chi connectivity index (χ0n) is 15.8. The Morgan fingerprint density at radius 2 is 1.96 bits per heavy atom. The third-order valence-electron chi connectivity index (χ3n) is 4.50. The minimum atomic E-state index is -0.572. The van der Waals surface area contributed by atoms with Crippen LogP contribution in [-0.2, 0) is 14.3 Å². The summed E-state index contributed by atoms with van der Waals surface area (Å²) < 4.78 is 10.2. The highest BCUT2D eigenvalue weighted by Gasteiger charge is 2.34. The number of anilines is 1. The summed E-state index contributed by atoms with van der Waals surface area (Å²) in [4.78, 5) is 26.2. The predicted octanol–water partition coefficient (Wildman–Crippen LogP) is 2.04. The van der Waals surface area contributed by atoms with Crippen molar-refractivity contribution in [3.05, 3.63) is 59.8 Å². The van der Waals surface area contributed by atoms with Crippen molar-refractivity contribution < 1.29 is 24.2 Å². The van der Waals surface area contributed by atoms with E-state index in [1.165, 1.54) is 12.0 Å². The first-order valence-electron chi connectivity index (χ1n) is 8.81. The molecule has 1 aliphatic heterocycles. The van der Waals surface area contributed by atoms with E-state index in [-0.39, 0.29) is 36.9 Å². The molecule has 0 saturated heterocycles. The van der Waals surface area contributed by atoms with E-state index in [4.69, 9.17) is 14.6 Å². The minimum Gasteiger partial charge on any atom is -0.496 e. The van der Waals surface area contributed by atoms with Crippen molar-refractivity contribution >= 4 is 17.6 Å². The van der Waals surface area contributed by atoms with Crippen LogP contribution >= 0.6 is 0 Å². The topological polar surface area (TPSA) is 88.1 Å². The zero-order valence-corrected chi connectivity index (χ0v) is 15.8. The van der Waals surface area contributed by atoms with Crippen molar-refractivity contribution in [3.63, 3.8) is 0 Å². The number of ether oxygens (including phenoxy) is 2. The van der Waals surface area contributed by atoms with Gasteiger partial charge in [0.2, 0.25) is 0 Å². The van der Waals surface area contributed by atoms with Crippen LogP contribution in [0.5, 0.6) is 5.75 Å². The van der Waals surface area contributed by atoms with Crippen LogP contribution in [0.15, 0.2) is 59.8 Å². The Labute approximate surface area is 163 Å². The van der Waals surface area contributed by atoms with Crippen molar-refractivity contribution in [3.8, 4) is 16.9 Å².